The molecule has 1 aliphatic carbocycles. The Morgan fingerprint density at radius 3 is 2.12 bits per heavy atom. The maximum atomic E-state index is 11.7. The quantitative estimate of drug-likeness (QED) is 0.820. The Labute approximate surface area is 104 Å². The summed E-state index contributed by atoms with van der Waals surface area (Å²) in [6.07, 6.45) is 6.29. The van der Waals surface area contributed by atoms with E-state index in [1.54, 1.807) is 0 Å². The molecule has 3 nitrogen and oxygen atoms in total. The number of hydrogen-bond acceptors (Lipinski definition) is 2. The summed E-state index contributed by atoms with van der Waals surface area (Å²) in [5.41, 5.74) is -0.517. The third kappa shape index (κ3) is 2.22. The summed E-state index contributed by atoms with van der Waals surface area (Å²) < 4.78 is 0. The summed E-state index contributed by atoms with van der Waals surface area (Å²) in [7, 11) is 0. The second-order valence-electron chi connectivity index (χ2n) is 5.87. The molecule has 2 fully saturated rings. The highest BCUT2D eigenvalue weighted by molar-refractivity contribution is 5.79. The van der Waals surface area contributed by atoms with Gasteiger partial charge in [-0.25, -0.2) is 0 Å². The van der Waals surface area contributed by atoms with Crippen molar-refractivity contribution >= 4 is 5.97 Å². The lowest BCUT2D eigenvalue weighted by Crippen LogP contribution is -2.64. The summed E-state index contributed by atoms with van der Waals surface area (Å²) in [6.45, 7) is 6.41. The first-order chi connectivity index (χ1) is 8.12. The van der Waals surface area contributed by atoms with Gasteiger partial charge in [0.25, 0.3) is 0 Å². The van der Waals surface area contributed by atoms with Gasteiger partial charge in [0.15, 0.2) is 0 Å². The van der Waals surface area contributed by atoms with Crippen LogP contribution in [0.25, 0.3) is 0 Å². The van der Waals surface area contributed by atoms with Crippen molar-refractivity contribution in [3.63, 3.8) is 0 Å². The third-order valence-corrected chi connectivity index (χ3v) is 5.05. The van der Waals surface area contributed by atoms with E-state index >= 15 is 0 Å². The molecular weight excluding hydrogens is 214 g/mol. The number of nitrogens with zero attached hydrogens (tertiary/aromatic N) is 1. The fourth-order valence-electron chi connectivity index (χ4n) is 3.41. The van der Waals surface area contributed by atoms with Gasteiger partial charge in [-0.15, -0.1) is 0 Å². The number of carbonyl (C=O) groups is 1. The summed E-state index contributed by atoms with van der Waals surface area (Å²) in [4.78, 5) is 13.9. The first-order valence-electron chi connectivity index (χ1n) is 7.10. The van der Waals surface area contributed by atoms with Crippen molar-refractivity contribution in [2.45, 2.75) is 57.9 Å². The van der Waals surface area contributed by atoms with Crippen LogP contribution in [-0.4, -0.2) is 34.6 Å². The topological polar surface area (TPSA) is 40.5 Å². The van der Waals surface area contributed by atoms with Gasteiger partial charge in [0, 0.05) is 13.1 Å². The van der Waals surface area contributed by atoms with Crippen LogP contribution >= 0.6 is 0 Å². The largest absolute Gasteiger partial charge is 0.480 e. The minimum atomic E-state index is -0.582. The Morgan fingerprint density at radius 2 is 1.71 bits per heavy atom. The van der Waals surface area contributed by atoms with E-state index in [4.69, 9.17) is 0 Å². The molecular formula is C14H25NO2. The van der Waals surface area contributed by atoms with Crippen LogP contribution in [0.1, 0.15) is 52.4 Å². The summed E-state index contributed by atoms with van der Waals surface area (Å²) in [5.74, 6) is 0.905. The molecule has 0 radical (unpaired) electrons. The first kappa shape index (κ1) is 12.9. The van der Waals surface area contributed by atoms with Crippen LogP contribution in [0.3, 0.4) is 0 Å². The van der Waals surface area contributed by atoms with E-state index in [1.807, 2.05) is 0 Å². The number of carboxylic acid groups (broad SMARTS) is 1. The van der Waals surface area contributed by atoms with Crippen LogP contribution in [0.2, 0.25) is 0 Å². The lowest BCUT2D eigenvalue weighted by atomic mass is 9.72. The zero-order chi connectivity index (χ0) is 12.5. The van der Waals surface area contributed by atoms with Crippen molar-refractivity contribution in [2.24, 2.45) is 11.8 Å². The molecule has 1 saturated heterocycles. The highest BCUT2D eigenvalue weighted by atomic mass is 16.4. The zero-order valence-corrected chi connectivity index (χ0v) is 11.1. The molecule has 0 spiro atoms. The predicted molar refractivity (Wildman–Crippen MR) is 68.0 cm³/mol. The van der Waals surface area contributed by atoms with Gasteiger partial charge in [0.1, 0.15) is 5.54 Å². The van der Waals surface area contributed by atoms with Gasteiger partial charge in [0.2, 0.25) is 0 Å². The van der Waals surface area contributed by atoms with Crippen molar-refractivity contribution in [1.82, 2.24) is 4.90 Å². The van der Waals surface area contributed by atoms with Crippen LogP contribution in [0, 0.1) is 11.8 Å². The lowest BCUT2D eigenvalue weighted by molar-refractivity contribution is -0.162. The molecule has 0 aromatic rings. The smallest absolute Gasteiger partial charge is 0.324 e. The van der Waals surface area contributed by atoms with E-state index in [0.29, 0.717) is 0 Å². The molecule has 1 saturated carbocycles. The van der Waals surface area contributed by atoms with Gasteiger partial charge in [-0.1, -0.05) is 26.7 Å². The fraction of sp³-hybridized carbons (Fsp3) is 0.929. The predicted octanol–water partition coefficient (Wildman–Crippen LogP) is 2.75. The van der Waals surface area contributed by atoms with E-state index in [9.17, 15) is 9.90 Å². The van der Waals surface area contributed by atoms with Gasteiger partial charge in [-0.2, -0.15) is 0 Å². The molecule has 1 aliphatic heterocycles. The normalized spacial score (nSPS) is 35.5. The molecule has 0 bridgehead atoms. The second kappa shape index (κ2) is 4.97. The average Bonchev–Trinajstić information content (AvgIpc) is 2.28. The molecule has 3 heteroatoms. The van der Waals surface area contributed by atoms with Crippen molar-refractivity contribution in [1.29, 1.82) is 0 Å². The zero-order valence-electron chi connectivity index (χ0n) is 11.1. The Balaban J connectivity index is 2.00. The SMILES string of the molecule is CCC1CCC(C(=O)O)(N2CC(CC)C2)CC1. The monoisotopic (exact) mass is 239 g/mol. The van der Waals surface area contributed by atoms with E-state index in [1.165, 1.54) is 12.8 Å². The van der Waals surface area contributed by atoms with Gasteiger partial charge in [-0.3, -0.25) is 9.69 Å². The Hall–Kier alpha value is -0.570. The number of rotatable bonds is 4. The summed E-state index contributed by atoms with van der Waals surface area (Å²) >= 11 is 0. The Kier molecular flexibility index (Phi) is 3.76. The fourth-order valence-corrected chi connectivity index (χ4v) is 3.41. The lowest BCUT2D eigenvalue weighted by Gasteiger charge is -2.52. The van der Waals surface area contributed by atoms with E-state index in [2.05, 4.69) is 18.7 Å². The Morgan fingerprint density at radius 1 is 1.18 bits per heavy atom. The molecule has 2 aliphatic rings. The first-order valence-corrected chi connectivity index (χ1v) is 7.10. The molecule has 0 atom stereocenters. The average molecular weight is 239 g/mol. The molecule has 0 unspecified atom stereocenters. The van der Waals surface area contributed by atoms with Gasteiger partial charge in [-0.05, 0) is 37.5 Å². The highest BCUT2D eigenvalue weighted by Crippen LogP contribution is 2.41. The van der Waals surface area contributed by atoms with Gasteiger partial charge in [0.05, 0.1) is 0 Å². The Bertz CT molecular complexity index is 276. The van der Waals surface area contributed by atoms with Crippen LogP contribution in [0.4, 0.5) is 0 Å². The molecule has 17 heavy (non-hydrogen) atoms. The number of likely N-dealkylation sites (tertiary alicyclic amines) is 1. The van der Waals surface area contributed by atoms with Gasteiger partial charge < -0.3 is 5.11 Å². The van der Waals surface area contributed by atoms with E-state index < -0.39 is 11.5 Å². The molecule has 0 amide bonds. The van der Waals surface area contributed by atoms with E-state index in [-0.39, 0.29) is 0 Å². The van der Waals surface area contributed by atoms with Crippen molar-refractivity contribution in [2.75, 3.05) is 13.1 Å². The van der Waals surface area contributed by atoms with E-state index in [0.717, 1.165) is 50.6 Å². The number of carboxylic acids is 1. The molecule has 1 N–H and O–H groups in total. The molecule has 0 aromatic carbocycles. The molecule has 2 rings (SSSR count). The number of aliphatic carboxylic acids is 1. The minimum absolute atomic E-state index is 0.517. The standard InChI is InChI=1S/C14H25NO2/c1-3-11-5-7-14(8-6-11,13(16)17)15-9-12(4-2)10-15/h11-12H,3-10H2,1-2H3,(H,16,17). The minimum Gasteiger partial charge on any atom is -0.480 e. The van der Waals surface area contributed by atoms with Crippen LogP contribution in [-0.2, 0) is 4.79 Å². The van der Waals surface area contributed by atoms with Gasteiger partial charge >= 0.3 is 5.97 Å². The molecule has 0 aromatic heterocycles. The maximum Gasteiger partial charge on any atom is 0.324 e. The van der Waals surface area contributed by atoms with Crippen LogP contribution in [0.15, 0.2) is 0 Å². The summed E-state index contributed by atoms with van der Waals surface area (Å²) in [5, 5.41) is 9.60. The van der Waals surface area contributed by atoms with Crippen molar-refractivity contribution in [3.8, 4) is 0 Å². The van der Waals surface area contributed by atoms with Crippen molar-refractivity contribution < 1.29 is 9.90 Å². The third-order valence-electron chi connectivity index (χ3n) is 5.05. The summed E-state index contributed by atoms with van der Waals surface area (Å²) in [6, 6.07) is 0. The second-order valence-corrected chi connectivity index (χ2v) is 5.87. The maximum absolute atomic E-state index is 11.7. The number of hydrogen-bond donors (Lipinski definition) is 1. The van der Waals surface area contributed by atoms with Crippen LogP contribution in [0.5, 0.6) is 0 Å². The molecule has 98 valence electrons. The van der Waals surface area contributed by atoms with Crippen molar-refractivity contribution in [3.05, 3.63) is 0 Å². The van der Waals surface area contributed by atoms with Crippen LogP contribution < -0.4 is 0 Å². The molecule has 1 heterocycles. The highest BCUT2D eigenvalue weighted by Gasteiger charge is 2.50.